The molecule has 0 radical (unpaired) electrons. The van der Waals surface area contributed by atoms with Crippen LogP contribution < -0.4 is 0 Å². The molecule has 0 aliphatic carbocycles. The highest BCUT2D eigenvalue weighted by Gasteiger charge is 2.24. The second kappa shape index (κ2) is 5.08. The molecule has 0 fully saturated rings. The van der Waals surface area contributed by atoms with Crippen molar-refractivity contribution in [2.24, 2.45) is 0 Å². The Morgan fingerprint density at radius 2 is 1.86 bits per heavy atom. The molecule has 0 saturated carbocycles. The van der Waals surface area contributed by atoms with Crippen molar-refractivity contribution in [1.82, 2.24) is 8.96 Å². The number of nitro groups is 1. The molecule has 1 aromatic carbocycles. The van der Waals surface area contributed by atoms with Crippen LogP contribution in [0.3, 0.4) is 0 Å². The Kier molecular flexibility index (Phi) is 3.34. The Bertz CT molecular complexity index is 983. The van der Waals surface area contributed by atoms with E-state index in [0.717, 1.165) is 10.0 Å². The Hall–Kier alpha value is -2.45. The van der Waals surface area contributed by atoms with Gasteiger partial charge >= 0.3 is 0 Å². The lowest BCUT2D eigenvalue weighted by molar-refractivity contribution is -0.383. The first kappa shape index (κ1) is 14.5. The molecule has 0 saturated heterocycles. The van der Waals surface area contributed by atoms with Gasteiger partial charge in [-0.2, -0.15) is 0 Å². The summed E-state index contributed by atoms with van der Waals surface area (Å²) < 4.78 is 26.1. The van der Waals surface area contributed by atoms with Gasteiger partial charge in [0.05, 0.1) is 21.3 Å². The van der Waals surface area contributed by atoms with Gasteiger partial charge in [-0.3, -0.25) is 10.1 Å². The quantitative estimate of drug-likeness (QED) is 0.416. The highest BCUT2D eigenvalue weighted by atomic mass is 35.5. The van der Waals surface area contributed by atoms with Crippen LogP contribution in [0.4, 0.5) is 5.69 Å². The number of hydrogen-bond acceptors (Lipinski definition) is 5. The van der Waals surface area contributed by atoms with Crippen LogP contribution in [0.2, 0.25) is 5.15 Å². The summed E-state index contributed by atoms with van der Waals surface area (Å²) in [6.45, 7) is 0. The summed E-state index contributed by atoms with van der Waals surface area (Å²) in [7, 11) is -3.91. The van der Waals surface area contributed by atoms with Crippen LogP contribution in [0.1, 0.15) is 0 Å². The summed E-state index contributed by atoms with van der Waals surface area (Å²) in [6.07, 6.45) is 1.23. The van der Waals surface area contributed by atoms with E-state index in [1.807, 2.05) is 0 Å². The van der Waals surface area contributed by atoms with Crippen molar-refractivity contribution in [2.45, 2.75) is 4.90 Å². The van der Waals surface area contributed by atoms with E-state index < -0.39 is 14.9 Å². The summed E-state index contributed by atoms with van der Waals surface area (Å²) in [5, 5.41) is 11.0. The number of pyridine rings is 1. The molecule has 2 aromatic heterocycles. The summed E-state index contributed by atoms with van der Waals surface area (Å²) in [4.78, 5) is 14.4. The number of halogens is 1. The van der Waals surface area contributed by atoms with E-state index in [2.05, 4.69) is 4.98 Å². The average Bonchev–Trinajstić information content (AvgIpc) is 2.91. The molecule has 22 heavy (non-hydrogen) atoms. The maximum absolute atomic E-state index is 12.6. The van der Waals surface area contributed by atoms with Gasteiger partial charge in [-0.25, -0.2) is 17.4 Å². The second-order valence-corrected chi connectivity index (χ2v) is 6.59. The van der Waals surface area contributed by atoms with E-state index in [0.29, 0.717) is 0 Å². The second-order valence-electron chi connectivity index (χ2n) is 4.39. The van der Waals surface area contributed by atoms with Crippen molar-refractivity contribution in [1.29, 1.82) is 0 Å². The number of hydrogen-bond donors (Lipinski definition) is 0. The topological polar surface area (TPSA) is 95.1 Å². The maximum atomic E-state index is 12.6. The Morgan fingerprint density at radius 1 is 1.18 bits per heavy atom. The minimum Gasteiger partial charge on any atom is -0.258 e. The zero-order chi connectivity index (χ0) is 15.9. The summed E-state index contributed by atoms with van der Waals surface area (Å²) >= 11 is 5.77. The molecular formula is C13H8ClN3O4S. The predicted octanol–water partition coefficient (Wildman–Crippen LogP) is 2.83. The van der Waals surface area contributed by atoms with Crippen LogP contribution in [-0.2, 0) is 10.0 Å². The molecule has 0 unspecified atom stereocenters. The predicted molar refractivity (Wildman–Crippen MR) is 80.4 cm³/mol. The lowest BCUT2D eigenvalue weighted by Gasteiger charge is -2.06. The summed E-state index contributed by atoms with van der Waals surface area (Å²) in [5.74, 6) is 0. The lowest BCUT2D eigenvalue weighted by atomic mass is 10.3. The molecule has 0 aliphatic heterocycles. The maximum Gasteiger partial charge on any atom is 0.283 e. The minimum absolute atomic E-state index is 0.0527. The molecule has 0 atom stereocenters. The lowest BCUT2D eigenvalue weighted by Crippen LogP contribution is -2.12. The van der Waals surface area contributed by atoms with Gasteiger partial charge in [-0.1, -0.05) is 29.8 Å². The van der Waals surface area contributed by atoms with E-state index >= 15 is 0 Å². The number of nitrogens with zero attached hydrogens (tertiary/aromatic N) is 3. The highest BCUT2D eigenvalue weighted by molar-refractivity contribution is 7.90. The molecule has 9 heteroatoms. The van der Waals surface area contributed by atoms with Crippen molar-refractivity contribution < 1.29 is 13.3 Å². The Morgan fingerprint density at radius 3 is 2.50 bits per heavy atom. The largest absolute Gasteiger partial charge is 0.283 e. The van der Waals surface area contributed by atoms with Crippen LogP contribution >= 0.6 is 11.6 Å². The molecule has 7 nitrogen and oxygen atoms in total. The van der Waals surface area contributed by atoms with Gasteiger partial charge in [0.15, 0.2) is 5.65 Å². The number of aromatic nitrogens is 2. The molecule has 0 amide bonds. The average molecular weight is 338 g/mol. The molecule has 3 rings (SSSR count). The van der Waals surface area contributed by atoms with Crippen molar-refractivity contribution >= 4 is 38.3 Å². The SMILES string of the molecule is O=[N+]([O-])c1cc(Cl)nc2c1ccn2S(=O)(=O)c1ccccc1. The van der Waals surface area contributed by atoms with E-state index in [4.69, 9.17) is 11.6 Å². The third kappa shape index (κ3) is 2.22. The fourth-order valence-corrected chi connectivity index (χ4v) is 3.59. The van der Waals surface area contributed by atoms with Crippen molar-refractivity contribution in [3.8, 4) is 0 Å². The first-order valence-corrected chi connectivity index (χ1v) is 7.85. The first-order valence-electron chi connectivity index (χ1n) is 6.04. The van der Waals surface area contributed by atoms with E-state index in [1.165, 1.54) is 24.4 Å². The third-order valence-electron chi connectivity index (χ3n) is 3.07. The van der Waals surface area contributed by atoms with Crippen LogP contribution in [0, 0.1) is 10.1 Å². The molecule has 0 N–H and O–H groups in total. The summed E-state index contributed by atoms with van der Waals surface area (Å²) in [5.41, 5.74) is -0.375. The minimum atomic E-state index is -3.91. The monoisotopic (exact) mass is 337 g/mol. The number of benzene rings is 1. The number of fused-ring (bicyclic) bond motifs is 1. The van der Waals surface area contributed by atoms with Crippen molar-refractivity contribution in [3.63, 3.8) is 0 Å². The van der Waals surface area contributed by atoms with Crippen LogP contribution in [0.5, 0.6) is 0 Å². The first-order chi connectivity index (χ1) is 10.4. The zero-order valence-corrected chi connectivity index (χ0v) is 12.5. The standard InChI is InChI=1S/C13H8ClN3O4S/c14-12-8-11(17(18)19)10-6-7-16(13(10)15-12)22(20,21)9-4-2-1-3-5-9/h1-8H. The number of rotatable bonds is 3. The van der Waals surface area contributed by atoms with Gasteiger partial charge in [0.1, 0.15) is 5.15 Å². The fraction of sp³-hybridized carbons (Fsp3) is 0. The fourth-order valence-electron chi connectivity index (χ4n) is 2.09. The van der Waals surface area contributed by atoms with Gasteiger partial charge in [0.25, 0.3) is 15.7 Å². The van der Waals surface area contributed by atoms with Gasteiger partial charge in [-0.15, -0.1) is 0 Å². The molecule has 0 spiro atoms. The smallest absolute Gasteiger partial charge is 0.258 e. The molecular weight excluding hydrogens is 330 g/mol. The van der Waals surface area contributed by atoms with Gasteiger partial charge < -0.3 is 0 Å². The van der Waals surface area contributed by atoms with Gasteiger partial charge in [0, 0.05) is 6.20 Å². The van der Waals surface area contributed by atoms with E-state index in [-0.39, 0.29) is 26.8 Å². The van der Waals surface area contributed by atoms with Gasteiger partial charge in [-0.05, 0) is 18.2 Å². The molecule has 0 bridgehead atoms. The van der Waals surface area contributed by atoms with Crippen LogP contribution in [0.15, 0.2) is 53.6 Å². The Balaban J connectivity index is 2.32. The molecule has 3 aromatic rings. The van der Waals surface area contributed by atoms with Crippen molar-refractivity contribution in [2.75, 3.05) is 0 Å². The molecule has 0 aliphatic rings. The molecule has 2 heterocycles. The highest BCUT2D eigenvalue weighted by Crippen LogP contribution is 2.30. The normalized spacial score (nSPS) is 11.7. The van der Waals surface area contributed by atoms with Crippen molar-refractivity contribution in [3.05, 3.63) is 63.9 Å². The van der Waals surface area contributed by atoms with E-state index in [9.17, 15) is 18.5 Å². The van der Waals surface area contributed by atoms with Crippen LogP contribution in [-0.4, -0.2) is 22.3 Å². The van der Waals surface area contributed by atoms with Crippen LogP contribution in [0.25, 0.3) is 11.0 Å². The Labute approximate surface area is 130 Å². The third-order valence-corrected chi connectivity index (χ3v) is 4.94. The molecule has 112 valence electrons. The van der Waals surface area contributed by atoms with Gasteiger partial charge in [0.2, 0.25) is 0 Å². The van der Waals surface area contributed by atoms with E-state index in [1.54, 1.807) is 18.2 Å². The zero-order valence-electron chi connectivity index (χ0n) is 10.9. The summed E-state index contributed by atoms with van der Waals surface area (Å²) in [6, 6.07) is 10.1.